The molecule has 1 heterocycles. The van der Waals surface area contributed by atoms with Gasteiger partial charge < -0.3 is 20.1 Å². The largest absolute Gasteiger partial charge is 0.494 e. The molecule has 1 fully saturated rings. The van der Waals surface area contributed by atoms with Crippen LogP contribution in [0, 0.1) is 0 Å². The molecule has 27 heavy (non-hydrogen) atoms. The average Bonchev–Trinajstić information content (AvgIpc) is 2.69. The highest BCUT2D eigenvalue weighted by Gasteiger charge is 2.28. The fraction of sp³-hybridized carbons (Fsp3) is 0.667. The highest BCUT2D eigenvalue weighted by atomic mass is 16.5. The molecule has 1 aromatic rings. The van der Waals surface area contributed by atoms with E-state index >= 15 is 0 Å². The molecule has 0 amide bonds. The third-order valence-electron chi connectivity index (χ3n) is 4.69. The summed E-state index contributed by atoms with van der Waals surface area (Å²) in [6.07, 6.45) is 1.01. The minimum Gasteiger partial charge on any atom is -0.494 e. The molecule has 0 aliphatic carbocycles. The molecule has 152 valence electrons. The number of nitrogens with zero attached hydrogens (tertiary/aromatic N) is 2. The van der Waals surface area contributed by atoms with Crippen LogP contribution >= 0.6 is 0 Å². The topological polar surface area (TPSA) is 58.1 Å². The monoisotopic (exact) mass is 376 g/mol. The first-order valence-electron chi connectivity index (χ1n) is 10.1. The van der Waals surface area contributed by atoms with Gasteiger partial charge >= 0.3 is 0 Å². The van der Waals surface area contributed by atoms with E-state index in [0.29, 0.717) is 6.54 Å². The molecule has 0 atom stereocenters. The van der Waals surface area contributed by atoms with Crippen molar-refractivity contribution in [1.29, 1.82) is 0 Å². The van der Waals surface area contributed by atoms with Gasteiger partial charge in [0.2, 0.25) is 0 Å². The fourth-order valence-electron chi connectivity index (χ4n) is 3.05. The standard InChI is InChI=1S/C21H36N4O2/c1-5-12-27-19-9-7-8-18(15-19)16-23-20(22-6-2)24-17-21(3,4)25-10-13-26-14-11-25/h7-9,15H,5-6,10-14,16-17H2,1-4H3,(H2,22,23,24). The van der Waals surface area contributed by atoms with Gasteiger partial charge in [-0.2, -0.15) is 0 Å². The van der Waals surface area contributed by atoms with Crippen LogP contribution in [0.3, 0.4) is 0 Å². The molecule has 0 aromatic heterocycles. The summed E-state index contributed by atoms with van der Waals surface area (Å²) in [7, 11) is 0. The first-order chi connectivity index (χ1) is 13.0. The molecule has 1 aromatic carbocycles. The first-order valence-corrected chi connectivity index (χ1v) is 10.1. The van der Waals surface area contributed by atoms with Crippen molar-refractivity contribution in [3.63, 3.8) is 0 Å². The highest BCUT2D eigenvalue weighted by Crippen LogP contribution is 2.16. The zero-order chi connectivity index (χ0) is 19.5. The van der Waals surface area contributed by atoms with Gasteiger partial charge in [-0.25, -0.2) is 4.99 Å². The number of aliphatic imine (C=N–C) groups is 1. The SMILES string of the molecule is CCCOc1cccc(CN=C(NCC)NCC(C)(C)N2CCOCC2)c1. The average molecular weight is 377 g/mol. The number of hydrogen-bond donors (Lipinski definition) is 2. The smallest absolute Gasteiger partial charge is 0.191 e. The number of guanidine groups is 1. The Hall–Kier alpha value is -1.79. The van der Waals surface area contributed by atoms with Crippen LogP contribution in [-0.2, 0) is 11.3 Å². The maximum atomic E-state index is 5.71. The molecule has 0 bridgehead atoms. The zero-order valence-corrected chi connectivity index (χ0v) is 17.4. The Balaban J connectivity index is 1.93. The van der Waals surface area contributed by atoms with Crippen molar-refractivity contribution in [2.24, 2.45) is 4.99 Å². The molecule has 0 spiro atoms. The molecule has 6 heteroatoms. The second-order valence-electron chi connectivity index (χ2n) is 7.46. The van der Waals surface area contributed by atoms with Gasteiger partial charge in [0, 0.05) is 31.7 Å². The van der Waals surface area contributed by atoms with Gasteiger partial charge in [-0.15, -0.1) is 0 Å². The molecule has 6 nitrogen and oxygen atoms in total. The molecule has 2 rings (SSSR count). The maximum Gasteiger partial charge on any atom is 0.191 e. The molecule has 2 N–H and O–H groups in total. The lowest BCUT2D eigenvalue weighted by Gasteiger charge is -2.41. The van der Waals surface area contributed by atoms with E-state index in [1.807, 2.05) is 12.1 Å². The van der Waals surface area contributed by atoms with Gasteiger partial charge in [-0.05, 0) is 44.9 Å². The summed E-state index contributed by atoms with van der Waals surface area (Å²) in [5.74, 6) is 1.76. The van der Waals surface area contributed by atoms with Crippen molar-refractivity contribution in [2.75, 3.05) is 46.0 Å². The van der Waals surface area contributed by atoms with Crippen LogP contribution < -0.4 is 15.4 Å². The second kappa shape index (κ2) is 11.1. The zero-order valence-electron chi connectivity index (χ0n) is 17.4. The van der Waals surface area contributed by atoms with E-state index in [1.54, 1.807) is 0 Å². The van der Waals surface area contributed by atoms with E-state index in [4.69, 9.17) is 14.5 Å². The number of ether oxygens (including phenoxy) is 2. The summed E-state index contributed by atoms with van der Waals surface area (Å²) < 4.78 is 11.2. The van der Waals surface area contributed by atoms with E-state index < -0.39 is 0 Å². The number of rotatable bonds is 9. The van der Waals surface area contributed by atoms with Crippen molar-refractivity contribution in [3.05, 3.63) is 29.8 Å². The predicted octanol–water partition coefficient (Wildman–Crippen LogP) is 2.64. The number of nitrogens with one attached hydrogen (secondary N) is 2. The van der Waals surface area contributed by atoms with E-state index in [-0.39, 0.29) is 5.54 Å². The lowest BCUT2D eigenvalue weighted by atomic mass is 10.0. The molecule has 0 unspecified atom stereocenters. The highest BCUT2D eigenvalue weighted by molar-refractivity contribution is 5.79. The minimum absolute atomic E-state index is 0.0495. The third-order valence-corrected chi connectivity index (χ3v) is 4.69. The maximum absolute atomic E-state index is 5.71. The third kappa shape index (κ3) is 7.39. The Morgan fingerprint density at radius 2 is 2.00 bits per heavy atom. The van der Waals surface area contributed by atoms with E-state index in [1.165, 1.54) is 0 Å². The molecule has 1 aliphatic rings. The summed E-state index contributed by atoms with van der Waals surface area (Å²) in [5.41, 5.74) is 1.20. The Kier molecular flexibility index (Phi) is 8.88. The minimum atomic E-state index is 0.0495. The Bertz CT molecular complexity index is 583. The summed E-state index contributed by atoms with van der Waals surface area (Å²) >= 11 is 0. The molecule has 1 aliphatic heterocycles. The molecular weight excluding hydrogens is 340 g/mol. The van der Waals surface area contributed by atoms with Crippen LogP contribution in [0.2, 0.25) is 0 Å². The van der Waals surface area contributed by atoms with Crippen LogP contribution in [0.15, 0.2) is 29.3 Å². The van der Waals surface area contributed by atoms with Crippen LogP contribution in [-0.4, -0.2) is 62.4 Å². The first kappa shape index (κ1) is 21.5. The van der Waals surface area contributed by atoms with Crippen LogP contribution in [0.4, 0.5) is 0 Å². The van der Waals surface area contributed by atoms with Crippen LogP contribution in [0.1, 0.15) is 39.7 Å². The quantitative estimate of drug-likeness (QED) is 0.513. The Labute approximate surface area is 164 Å². The summed E-state index contributed by atoms with van der Waals surface area (Å²) in [5, 5.41) is 6.84. The van der Waals surface area contributed by atoms with Crippen molar-refractivity contribution in [3.8, 4) is 5.75 Å². The van der Waals surface area contributed by atoms with Gasteiger partial charge in [-0.3, -0.25) is 4.90 Å². The number of morpholine rings is 1. The molecule has 1 saturated heterocycles. The van der Waals surface area contributed by atoms with Gasteiger partial charge in [0.25, 0.3) is 0 Å². The van der Waals surface area contributed by atoms with E-state index in [9.17, 15) is 0 Å². The van der Waals surface area contributed by atoms with E-state index in [0.717, 1.165) is 69.7 Å². The Morgan fingerprint density at radius 1 is 1.22 bits per heavy atom. The lowest BCUT2D eigenvalue weighted by Crippen LogP contribution is -2.56. The second-order valence-corrected chi connectivity index (χ2v) is 7.46. The van der Waals surface area contributed by atoms with Gasteiger partial charge in [-0.1, -0.05) is 19.1 Å². The molecule has 0 saturated carbocycles. The van der Waals surface area contributed by atoms with Gasteiger partial charge in [0.05, 0.1) is 26.4 Å². The lowest BCUT2D eigenvalue weighted by molar-refractivity contribution is -0.00834. The van der Waals surface area contributed by atoms with E-state index in [2.05, 4.69) is 55.4 Å². The number of hydrogen-bond acceptors (Lipinski definition) is 4. The van der Waals surface area contributed by atoms with Gasteiger partial charge in [0.1, 0.15) is 5.75 Å². The Morgan fingerprint density at radius 3 is 2.70 bits per heavy atom. The van der Waals surface area contributed by atoms with Crippen molar-refractivity contribution in [2.45, 2.75) is 46.2 Å². The van der Waals surface area contributed by atoms with Crippen molar-refractivity contribution >= 4 is 5.96 Å². The molecular formula is C21H36N4O2. The van der Waals surface area contributed by atoms with Crippen LogP contribution in [0.5, 0.6) is 5.75 Å². The normalized spacial score (nSPS) is 16.2. The summed E-state index contributed by atoms with van der Waals surface area (Å²) in [6, 6.07) is 8.18. The molecule has 0 radical (unpaired) electrons. The predicted molar refractivity (Wildman–Crippen MR) is 112 cm³/mol. The summed E-state index contributed by atoms with van der Waals surface area (Å²) in [6.45, 7) is 15.4. The fourth-order valence-corrected chi connectivity index (χ4v) is 3.05. The van der Waals surface area contributed by atoms with Crippen molar-refractivity contribution < 1.29 is 9.47 Å². The van der Waals surface area contributed by atoms with Crippen molar-refractivity contribution in [1.82, 2.24) is 15.5 Å². The number of benzene rings is 1. The van der Waals surface area contributed by atoms with Crippen LogP contribution in [0.25, 0.3) is 0 Å². The van der Waals surface area contributed by atoms with Gasteiger partial charge in [0.15, 0.2) is 5.96 Å². The summed E-state index contributed by atoms with van der Waals surface area (Å²) in [4.78, 5) is 7.22.